The number of piperazine rings is 1. The van der Waals surface area contributed by atoms with Crippen LogP contribution in [0, 0.1) is 0 Å². The van der Waals surface area contributed by atoms with Crippen molar-refractivity contribution in [1.29, 1.82) is 0 Å². The third-order valence-electron chi connectivity index (χ3n) is 8.03. The molecule has 0 radical (unpaired) electrons. The van der Waals surface area contributed by atoms with Crippen molar-refractivity contribution in [3.05, 3.63) is 36.0 Å². The van der Waals surface area contributed by atoms with E-state index in [4.69, 9.17) is 9.47 Å². The minimum atomic E-state index is -1.34. The Labute approximate surface area is 259 Å². The van der Waals surface area contributed by atoms with Crippen LogP contribution in [0.5, 0.6) is 5.75 Å². The second-order valence-corrected chi connectivity index (χ2v) is 11.0. The summed E-state index contributed by atoms with van der Waals surface area (Å²) in [5, 5.41) is 22.0. The van der Waals surface area contributed by atoms with Crippen LogP contribution in [0.25, 0.3) is 10.9 Å². The molecule has 2 saturated heterocycles. The highest BCUT2D eigenvalue weighted by Gasteiger charge is 2.46. The van der Waals surface area contributed by atoms with E-state index in [1.54, 1.807) is 31.2 Å². The van der Waals surface area contributed by atoms with Gasteiger partial charge in [-0.25, -0.2) is 14.6 Å². The Morgan fingerprint density at radius 2 is 1.71 bits per heavy atom. The van der Waals surface area contributed by atoms with Gasteiger partial charge in [0.05, 0.1) is 12.1 Å². The lowest BCUT2D eigenvalue weighted by Gasteiger charge is -2.35. The summed E-state index contributed by atoms with van der Waals surface area (Å²) in [5.41, 5.74) is -1.10. The Kier molecular flexibility index (Phi) is 10.4. The van der Waals surface area contributed by atoms with Gasteiger partial charge < -0.3 is 39.7 Å². The fraction of sp³-hybridized carbons (Fsp3) is 0.500. The average Bonchev–Trinajstić information content (AvgIpc) is 3.44. The fourth-order valence-corrected chi connectivity index (χ4v) is 5.48. The Bertz CT molecular complexity index is 1470. The van der Waals surface area contributed by atoms with Crippen LogP contribution in [-0.4, -0.2) is 123 Å². The fourth-order valence-electron chi connectivity index (χ4n) is 5.48. The number of fused-ring (bicyclic) bond motifs is 1. The van der Waals surface area contributed by atoms with Crippen LogP contribution in [-0.2, 0) is 23.9 Å². The van der Waals surface area contributed by atoms with Crippen molar-refractivity contribution in [3.8, 4) is 5.75 Å². The van der Waals surface area contributed by atoms with Crippen LogP contribution in [0.3, 0.4) is 0 Å². The number of pyridine rings is 1. The van der Waals surface area contributed by atoms with E-state index in [0.29, 0.717) is 23.7 Å². The normalized spacial score (nSPS) is 18.8. The zero-order valence-electron chi connectivity index (χ0n) is 25.2. The average molecular weight is 628 g/mol. The Balaban J connectivity index is 1.50. The van der Waals surface area contributed by atoms with Crippen LogP contribution in [0.15, 0.2) is 30.3 Å². The molecule has 2 atom stereocenters. The highest BCUT2D eigenvalue weighted by atomic mass is 16.6. The second kappa shape index (κ2) is 14.2. The van der Waals surface area contributed by atoms with Gasteiger partial charge in [0.15, 0.2) is 6.61 Å². The van der Waals surface area contributed by atoms with Crippen LogP contribution in [0.1, 0.15) is 50.0 Å². The van der Waals surface area contributed by atoms with Crippen molar-refractivity contribution < 1.29 is 48.5 Å². The molecule has 45 heavy (non-hydrogen) atoms. The first-order chi connectivity index (χ1) is 21.4. The van der Waals surface area contributed by atoms with Gasteiger partial charge in [0, 0.05) is 50.6 Å². The van der Waals surface area contributed by atoms with Crippen LogP contribution >= 0.6 is 0 Å². The van der Waals surface area contributed by atoms with E-state index in [1.807, 2.05) is 0 Å². The third kappa shape index (κ3) is 7.59. The lowest BCUT2D eigenvalue weighted by atomic mass is 9.99. The number of hydrogen-bond donors (Lipinski definition) is 3. The van der Waals surface area contributed by atoms with Crippen LogP contribution in [0.2, 0.25) is 0 Å². The number of likely N-dealkylation sites (tertiary alicyclic amines) is 1. The summed E-state index contributed by atoms with van der Waals surface area (Å²) >= 11 is 0. The molecule has 15 heteroatoms. The summed E-state index contributed by atoms with van der Waals surface area (Å²) in [6.45, 7) is 4.00. The van der Waals surface area contributed by atoms with E-state index in [-0.39, 0.29) is 63.6 Å². The van der Waals surface area contributed by atoms with Gasteiger partial charge in [-0.3, -0.25) is 19.2 Å². The number of amides is 4. The smallest absolute Gasteiger partial charge is 0.409 e. The number of ether oxygens (including phenoxy) is 2. The highest BCUT2D eigenvalue weighted by Crippen LogP contribution is 2.30. The minimum absolute atomic E-state index is 0.132. The van der Waals surface area contributed by atoms with E-state index in [1.165, 1.54) is 27.7 Å². The predicted octanol–water partition coefficient (Wildman–Crippen LogP) is 1.34. The molecular formula is C30H37N5O10. The molecule has 2 aliphatic rings. The quantitative estimate of drug-likeness (QED) is 0.325. The molecule has 3 N–H and O–H groups in total. The van der Waals surface area contributed by atoms with Gasteiger partial charge in [-0.1, -0.05) is 12.1 Å². The second-order valence-electron chi connectivity index (χ2n) is 11.0. The molecule has 1 aromatic heterocycles. The monoisotopic (exact) mass is 627 g/mol. The number of rotatable bonds is 11. The number of carboxylic acid groups (broad SMARTS) is 2. The van der Waals surface area contributed by atoms with Gasteiger partial charge >= 0.3 is 18.0 Å². The maximum Gasteiger partial charge on any atom is 0.409 e. The van der Waals surface area contributed by atoms with Gasteiger partial charge in [-0.15, -0.1) is 0 Å². The predicted molar refractivity (Wildman–Crippen MR) is 158 cm³/mol. The lowest BCUT2D eigenvalue weighted by molar-refractivity contribution is -0.156. The number of carbonyl (C=O) groups is 6. The number of carboxylic acids is 2. The Morgan fingerprint density at radius 1 is 1.02 bits per heavy atom. The van der Waals surface area contributed by atoms with Crippen molar-refractivity contribution in [2.24, 2.45) is 0 Å². The molecule has 1 aromatic carbocycles. The lowest BCUT2D eigenvalue weighted by Crippen LogP contribution is -2.56. The summed E-state index contributed by atoms with van der Waals surface area (Å²) in [6, 6.07) is 6.88. The Morgan fingerprint density at radius 3 is 2.38 bits per heavy atom. The number of carbonyl (C=O) groups excluding carboxylic acids is 4. The van der Waals surface area contributed by atoms with E-state index in [2.05, 4.69) is 10.3 Å². The summed E-state index contributed by atoms with van der Waals surface area (Å²) in [5.74, 6) is -3.87. The zero-order valence-corrected chi connectivity index (χ0v) is 25.2. The first-order valence-electron chi connectivity index (χ1n) is 14.7. The number of nitrogens with one attached hydrogen (secondary N) is 1. The van der Waals surface area contributed by atoms with Crippen molar-refractivity contribution in [2.75, 3.05) is 45.9 Å². The molecule has 3 heterocycles. The number of para-hydroxylation sites is 1. The van der Waals surface area contributed by atoms with Gasteiger partial charge in [0.2, 0.25) is 5.91 Å². The number of hydrogen-bond acceptors (Lipinski definition) is 9. The topological polar surface area (TPSA) is 196 Å². The summed E-state index contributed by atoms with van der Waals surface area (Å²) in [4.78, 5) is 83.7. The summed E-state index contributed by atoms with van der Waals surface area (Å²) in [6.07, 6.45) is -0.188. The number of aliphatic carboxylic acids is 2. The maximum absolute atomic E-state index is 13.4. The number of aromatic nitrogens is 1. The van der Waals surface area contributed by atoms with Crippen LogP contribution < -0.4 is 10.1 Å². The molecule has 15 nitrogen and oxygen atoms in total. The molecule has 0 bridgehead atoms. The number of nitrogens with zero attached hydrogens (tertiary/aromatic N) is 4. The highest BCUT2D eigenvalue weighted by molar-refractivity contribution is 5.99. The van der Waals surface area contributed by atoms with Crippen molar-refractivity contribution in [1.82, 2.24) is 25.0 Å². The Hall–Kier alpha value is -4.95. The molecule has 0 spiro atoms. The molecule has 0 aliphatic carbocycles. The minimum Gasteiger partial charge on any atom is -0.483 e. The third-order valence-corrected chi connectivity index (χ3v) is 8.03. The van der Waals surface area contributed by atoms with Gasteiger partial charge in [0.1, 0.15) is 23.0 Å². The largest absolute Gasteiger partial charge is 0.483 e. The molecule has 4 rings (SSSR count). The maximum atomic E-state index is 13.4. The first-order valence-corrected chi connectivity index (χ1v) is 14.7. The number of benzene rings is 1. The standard InChI is InChI=1S/C30H37N5O10/c1-3-44-29(43)34-15-13-33(14-16-34)27(40)21(9-10-25(37)38)32-26(39)22-17-23(19-7-4-5-8-20(19)31-22)45-18-24(36)35-12-6-11-30(35,2)28(41)42/h4-5,7-8,17,21H,3,6,9-16,18H2,1-2H3,(H,32,39)(H,37,38)(H,41,42). The van der Waals surface area contributed by atoms with E-state index >= 15 is 0 Å². The van der Waals surface area contributed by atoms with Gasteiger partial charge in [0.25, 0.3) is 11.8 Å². The van der Waals surface area contributed by atoms with Crippen LogP contribution in [0.4, 0.5) is 4.79 Å². The van der Waals surface area contributed by atoms with E-state index < -0.39 is 53.9 Å². The van der Waals surface area contributed by atoms with E-state index in [9.17, 15) is 39.0 Å². The molecule has 4 amide bonds. The molecule has 2 aromatic rings. The SMILES string of the molecule is CCOC(=O)N1CCN(C(=O)C(CCC(=O)O)NC(=O)c2cc(OCC(=O)N3CCCC3(C)C(=O)O)c3ccccc3n2)CC1. The first kappa shape index (κ1) is 33.0. The molecule has 2 fully saturated rings. The summed E-state index contributed by atoms with van der Waals surface area (Å²) in [7, 11) is 0. The van der Waals surface area contributed by atoms with Crippen molar-refractivity contribution in [2.45, 2.75) is 51.1 Å². The molecule has 0 saturated carbocycles. The molecular weight excluding hydrogens is 590 g/mol. The van der Waals surface area contributed by atoms with Crippen molar-refractivity contribution in [3.63, 3.8) is 0 Å². The molecule has 2 unspecified atom stereocenters. The summed E-state index contributed by atoms with van der Waals surface area (Å²) < 4.78 is 10.8. The zero-order chi connectivity index (χ0) is 32.7. The van der Waals surface area contributed by atoms with Crippen molar-refractivity contribution >= 4 is 46.7 Å². The van der Waals surface area contributed by atoms with Gasteiger partial charge in [-0.05, 0) is 45.2 Å². The molecule has 242 valence electrons. The van der Waals surface area contributed by atoms with Gasteiger partial charge in [-0.2, -0.15) is 0 Å². The molecule has 2 aliphatic heterocycles. The van der Waals surface area contributed by atoms with E-state index in [0.717, 1.165) is 0 Å².